The maximum absolute atomic E-state index is 13.0. The summed E-state index contributed by atoms with van der Waals surface area (Å²) in [6.07, 6.45) is 1.46. The lowest BCUT2D eigenvalue weighted by molar-refractivity contribution is 0.0842. The minimum absolute atomic E-state index is 0.0372. The van der Waals surface area contributed by atoms with Crippen LogP contribution in [0.3, 0.4) is 0 Å². The Balaban J connectivity index is 1.62. The quantitative estimate of drug-likeness (QED) is 0.409. The number of hydrazine groups is 1. The molecular formula is C25H25ClN6O3. The molecule has 4 rings (SSSR count). The van der Waals surface area contributed by atoms with Crippen LogP contribution in [0.5, 0.6) is 0 Å². The van der Waals surface area contributed by atoms with E-state index in [2.05, 4.69) is 21.0 Å². The SMILES string of the molecule is CC(C)c1c(C(=O)NNC(=O)c2nn(C(C)C)c(=O)c3ccccc23)cnn1-c1ccc(Cl)cc1. The van der Waals surface area contributed by atoms with Crippen molar-refractivity contribution in [1.82, 2.24) is 30.4 Å². The van der Waals surface area contributed by atoms with Gasteiger partial charge in [-0.15, -0.1) is 0 Å². The average molecular weight is 493 g/mol. The van der Waals surface area contributed by atoms with E-state index in [9.17, 15) is 14.4 Å². The minimum atomic E-state index is -0.639. The van der Waals surface area contributed by atoms with Gasteiger partial charge in [0.15, 0.2) is 5.69 Å². The molecule has 0 aliphatic heterocycles. The van der Waals surface area contributed by atoms with E-state index in [4.69, 9.17) is 11.6 Å². The predicted octanol–water partition coefficient (Wildman–Crippen LogP) is 4.01. The van der Waals surface area contributed by atoms with E-state index in [-0.39, 0.29) is 23.2 Å². The van der Waals surface area contributed by atoms with Crippen molar-refractivity contribution in [2.24, 2.45) is 0 Å². The van der Waals surface area contributed by atoms with Crippen LogP contribution in [0.2, 0.25) is 5.02 Å². The predicted molar refractivity (Wildman–Crippen MR) is 134 cm³/mol. The van der Waals surface area contributed by atoms with Gasteiger partial charge < -0.3 is 0 Å². The number of nitrogens with zero attached hydrogens (tertiary/aromatic N) is 4. The first-order chi connectivity index (χ1) is 16.7. The summed E-state index contributed by atoms with van der Waals surface area (Å²) >= 11 is 5.99. The van der Waals surface area contributed by atoms with E-state index in [1.54, 1.807) is 54.9 Å². The summed E-state index contributed by atoms with van der Waals surface area (Å²) in [4.78, 5) is 38.8. The molecule has 0 saturated heterocycles. The van der Waals surface area contributed by atoms with E-state index < -0.39 is 11.8 Å². The van der Waals surface area contributed by atoms with E-state index in [0.717, 1.165) is 5.69 Å². The second-order valence-corrected chi connectivity index (χ2v) is 9.07. The van der Waals surface area contributed by atoms with Crippen LogP contribution in [0.4, 0.5) is 0 Å². The van der Waals surface area contributed by atoms with Crippen molar-refractivity contribution in [2.45, 2.75) is 39.7 Å². The molecule has 35 heavy (non-hydrogen) atoms. The Morgan fingerprint density at radius 3 is 2.17 bits per heavy atom. The molecule has 9 nitrogen and oxygen atoms in total. The Morgan fingerprint density at radius 2 is 1.54 bits per heavy atom. The van der Waals surface area contributed by atoms with Crippen molar-refractivity contribution in [3.63, 3.8) is 0 Å². The monoisotopic (exact) mass is 492 g/mol. The number of nitrogens with one attached hydrogen (secondary N) is 2. The first-order valence-electron chi connectivity index (χ1n) is 11.1. The fraction of sp³-hybridized carbons (Fsp3) is 0.240. The first kappa shape index (κ1) is 24.2. The van der Waals surface area contributed by atoms with Crippen LogP contribution in [0, 0.1) is 0 Å². The zero-order chi connectivity index (χ0) is 25.3. The maximum atomic E-state index is 13.0. The van der Waals surface area contributed by atoms with Crippen molar-refractivity contribution in [1.29, 1.82) is 0 Å². The molecular weight excluding hydrogens is 468 g/mol. The molecule has 0 bridgehead atoms. The highest BCUT2D eigenvalue weighted by Crippen LogP contribution is 2.24. The van der Waals surface area contributed by atoms with Crippen LogP contribution in [-0.4, -0.2) is 31.4 Å². The smallest absolute Gasteiger partial charge is 0.267 e. The lowest BCUT2D eigenvalue weighted by atomic mass is 10.1. The highest BCUT2D eigenvalue weighted by Gasteiger charge is 2.23. The van der Waals surface area contributed by atoms with E-state index in [1.165, 1.54) is 10.9 Å². The number of aromatic nitrogens is 4. The first-order valence-corrected chi connectivity index (χ1v) is 11.5. The summed E-state index contributed by atoms with van der Waals surface area (Å²) < 4.78 is 2.93. The van der Waals surface area contributed by atoms with Crippen molar-refractivity contribution in [3.05, 3.63) is 87.1 Å². The van der Waals surface area contributed by atoms with Crippen LogP contribution in [0.1, 0.15) is 66.2 Å². The molecule has 0 atom stereocenters. The van der Waals surface area contributed by atoms with Gasteiger partial charge in [0.2, 0.25) is 0 Å². The Bertz CT molecular complexity index is 1470. The summed E-state index contributed by atoms with van der Waals surface area (Å²) in [7, 11) is 0. The van der Waals surface area contributed by atoms with Crippen molar-refractivity contribution in [3.8, 4) is 5.69 Å². The van der Waals surface area contributed by atoms with Gasteiger partial charge in [-0.2, -0.15) is 10.2 Å². The summed E-state index contributed by atoms with van der Waals surface area (Å²) in [5.74, 6) is -1.20. The minimum Gasteiger partial charge on any atom is -0.267 e. The highest BCUT2D eigenvalue weighted by molar-refractivity contribution is 6.30. The standard InChI is InChI=1S/C25H25ClN6O3/c1-14(2)22-20(13-27-32(22)17-11-9-16(26)10-12-17)23(33)28-29-24(34)21-18-7-5-6-8-19(18)25(35)31(30-21)15(3)4/h5-15H,1-4H3,(H,28,33)(H,29,34). The highest BCUT2D eigenvalue weighted by atomic mass is 35.5. The van der Waals surface area contributed by atoms with Crippen LogP contribution in [0.15, 0.2) is 59.5 Å². The van der Waals surface area contributed by atoms with Gasteiger partial charge in [-0.3, -0.25) is 25.2 Å². The fourth-order valence-corrected chi connectivity index (χ4v) is 3.97. The summed E-state index contributed by atoms with van der Waals surface area (Å²) in [6.45, 7) is 7.50. The number of carbonyl (C=O) groups is 2. The van der Waals surface area contributed by atoms with Gasteiger partial charge in [0.05, 0.1) is 34.6 Å². The molecule has 2 aromatic heterocycles. The fourth-order valence-electron chi connectivity index (χ4n) is 3.84. The number of halogens is 1. The molecule has 0 aliphatic carbocycles. The molecule has 2 N–H and O–H groups in total. The number of carbonyl (C=O) groups excluding carboxylic acids is 2. The Labute approximate surface area is 206 Å². The number of hydrogen-bond acceptors (Lipinski definition) is 5. The van der Waals surface area contributed by atoms with Gasteiger partial charge in [0.25, 0.3) is 17.4 Å². The number of fused-ring (bicyclic) bond motifs is 1. The molecule has 0 saturated carbocycles. The lowest BCUT2D eigenvalue weighted by Gasteiger charge is -2.15. The zero-order valence-corrected chi connectivity index (χ0v) is 20.5. The third-order valence-corrected chi connectivity index (χ3v) is 5.74. The Morgan fingerprint density at radius 1 is 0.914 bits per heavy atom. The summed E-state index contributed by atoms with van der Waals surface area (Å²) in [6, 6.07) is 13.6. The van der Waals surface area contributed by atoms with Gasteiger partial charge in [0.1, 0.15) is 0 Å². The van der Waals surface area contributed by atoms with Crippen LogP contribution < -0.4 is 16.4 Å². The normalized spacial score (nSPS) is 11.3. The van der Waals surface area contributed by atoms with Gasteiger partial charge >= 0.3 is 0 Å². The molecule has 2 heterocycles. The molecule has 0 fully saturated rings. The van der Waals surface area contributed by atoms with Gasteiger partial charge in [-0.1, -0.05) is 43.6 Å². The lowest BCUT2D eigenvalue weighted by Crippen LogP contribution is -2.43. The van der Waals surface area contributed by atoms with Gasteiger partial charge in [-0.25, -0.2) is 9.36 Å². The third kappa shape index (κ3) is 4.67. The third-order valence-electron chi connectivity index (χ3n) is 5.49. The molecule has 0 unspecified atom stereocenters. The molecule has 10 heteroatoms. The maximum Gasteiger partial charge on any atom is 0.290 e. The molecule has 2 amide bonds. The average Bonchev–Trinajstić information content (AvgIpc) is 3.28. The second-order valence-electron chi connectivity index (χ2n) is 8.63. The van der Waals surface area contributed by atoms with E-state index in [0.29, 0.717) is 27.1 Å². The number of hydrogen-bond donors (Lipinski definition) is 2. The molecule has 0 aliphatic rings. The molecule has 0 spiro atoms. The van der Waals surface area contributed by atoms with Gasteiger partial charge in [0, 0.05) is 10.4 Å². The zero-order valence-electron chi connectivity index (χ0n) is 19.7. The van der Waals surface area contributed by atoms with E-state index >= 15 is 0 Å². The van der Waals surface area contributed by atoms with Gasteiger partial charge in [-0.05, 0) is 50.1 Å². The Hall–Kier alpha value is -3.98. The molecule has 4 aromatic rings. The molecule has 180 valence electrons. The number of benzene rings is 2. The van der Waals surface area contributed by atoms with E-state index in [1.807, 2.05) is 26.0 Å². The Kier molecular flexibility index (Phi) is 6.70. The summed E-state index contributed by atoms with van der Waals surface area (Å²) in [5.41, 5.74) is 6.39. The largest absolute Gasteiger partial charge is 0.290 e. The van der Waals surface area contributed by atoms with Crippen LogP contribution in [0.25, 0.3) is 16.5 Å². The number of rotatable bonds is 5. The van der Waals surface area contributed by atoms with Crippen molar-refractivity contribution in [2.75, 3.05) is 0 Å². The van der Waals surface area contributed by atoms with Crippen LogP contribution in [-0.2, 0) is 0 Å². The topological polar surface area (TPSA) is 111 Å². The molecule has 0 radical (unpaired) electrons. The number of amides is 2. The van der Waals surface area contributed by atoms with Crippen molar-refractivity contribution >= 4 is 34.2 Å². The summed E-state index contributed by atoms with van der Waals surface area (Å²) in [5, 5.41) is 10.0. The van der Waals surface area contributed by atoms with Crippen molar-refractivity contribution < 1.29 is 9.59 Å². The molecule has 2 aromatic carbocycles. The van der Waals surface area contributed by atoms with Crippen LogP contribution >= 0.6 is 11.6 Å². The second kappa shape index (κ2) is 9.71.